The van der Waals surface area contributed by atoms with E-state index in [1.54, 1.807) is 0 Å². The van der Waals surface area contributed by atoms with Gasteiger partial charge in [-0.25, -0.2) is 9.18 Å². The zero-order valence-electron chi connectivity index (χ0n) is 8.87. The van der Waals surface area contributed by atoms with E-state index in [1.165, 1.54) is 25.0 Å². The predicted molar refractivity (Wildman–Crippen MR) is 59.2 cm³/mol. The lowest BCUT2D eigenvalue weighted by molar-refractivity contribution is 0.0696. The minimum absolute atomic E-state index is 0.0229. The Bertz CT molecular complexity index is 402. The van der Waals surface area contributed by atoms with Gasteiger partial charge in [0.2, 0.25) is 0 Å². The number of nitrogens with one attached hydrogen (secondary N) is 1. The van der Waals surface area contributed by atoms with E-state index in [4.69, 9.17) is 5.11 Å². The normalized spacial score (nSPS) is 14.8. The molecule has 16 heavy (non-hydrogen) atoms. The van der Waals surface area contributed by atoms with E-state index in [0.717, 1.165) is 24.9 Å². The second-order valence-corrected chi connectivity index (χ2v) is 4.16. The zero-order chi connectivity index (χ0) is 11.5. The minimum Gasteiger partial charge on any atom is -0.478 e. The Balaban J connectivity index is 1.95. The number of carboxylic acids is 1. The molecule has 2 rings (SSSR count). The summed E-state index contributed by atoms with van der Waals surface area (Å²) in [5, 5.41) is 11.7. The number of halogens is 1. The maximum absolute atomic E-state index is 13.4. The van der Waals surface area contributed by atoms with Gasteiger partial charge in [-0.05, 0) is 30.5 Å². The van der Waals surface area contributed by atoms with Crippen LogP contribution in [0.25, 0.3) is 0 Å². The second kappa shape index (κ2) is 4.51. The number of carboxylic acid groups (broad SMARTS) is 1. The molecule has 0 saturated heterocycles. The maximum atomic E-state index is 13.4. The van der Waals surface area contributed by atoms with E-state index in [9.17, 15) is 9.18 Å². The van der Waals surface area contributed by atoms with Gasteiger partial charge >= 0.3 is 5.97 Å². The summed E-state index contributed by atoms with van der Waals surface area (Å²) < 4.78 is 13.4. The van der Waals surface area contributed by atoms with Crippen LogP contribution in [0.15, 0.2) is 18.2 Å². The van der Waals surface area contributed by atoms with Gasteiger partial charge in [0.25, 0.3) is 0 Å². The van der Waals surface area contributed by atoms with Crippen LogP contribution in [-0.2, 0) is 0 Å². The summed E-state index contributed by atoms with van der Waals surface area (Å²) in [6.07, 6.45) is 3.62. The zero-order valence-corrected chi connectivity index (χ0v) is 8.87. The third-order valence-corrected chi connectivity index (χ3v) is 2.78. The Morgan fingerprint density at radius 2 is 2.25 bits per heavy atom. The van der Waals surface area contributed by atoms with Crippen molar-refractivity contribution in [2.75, 3.05) is 11.9 Å². The molecule has 0 atom stereocenters. The van der Waals surface area contributed by atoms with Crippen LogP contribution in [0.5, 0.6) is 0 Å². The highest BCUT2D eigenvalue weighted by Crippen LogP contribution is 2.32. The van der Waals surface area contributed by atoms with Gasteiger partial charge in [0.05, 0.1) is 11.3 Å². The first-order valence-electron chi connectivity index (χ1n) is 5.43. The summed E-state index contributed by atoms with van der Waals surface area (Å²) in [4.78, 5) is 10.6. The largest absolute Gasteiger partial charge is 0.478 e. The molecule has 4 heteroatoms. The van der Waals surface area contributed by atoms with Crippen LogP contribution in [0.4, 0.5) is 10.1 Å². The van der Waals surface area contributed by atoms with Crippen LogP contribution < -0.4 is 5.32 Å². The quantitative estimate of drug-likeness (QED) is 0.806. The highest BCUT2D eigenvalue weighted by Gasteiger charge is 2.20. The van der Waals surface area contributed by atoms with Crippen LogP contribution in [0, 0.1) is 11.7 Å². The SMILES string of the molecule is O=C(O)c1ccc(NCCC2CC2)c(F)c1. The van der Waals surface area contributed by atoms with Crippen LogP contribution in [0.1, 0.15) is 29.6 Å². The first kappa shape index (κ1) is 10.9. The number of hydrogen-bond acceptors (Lipinski definition) is 2. The molecule has 0 unspecified atom stereocenters. The van der Waals surface area contributed by atoms with Crippen molar-refractivity contribution < 1.29 is 14.3 Å². The first-order valence-corrected chi connectivity index (χ1v) is 5.43. The maximum Gasteiger partial charge on any atom is 0.335 e. The molecular weight excluding hydrogens is 209 g/mol. The third-order valence-electron chi connectivity index (χ3n) is 2.78. The molecule has 0 amide bonds. The molecule has 2 N–H and O–H groups in total. The molecule has 1 aliphatic rings. The first-order chi connectivity index (χ1) is 7.66. The lowest BCUT2D eigenvalue weighted by atomic mass is 10.2. The Kier molecular flexibility index (Phi) is 3.08. The lowest BCUT2D eigenvalue weighted by Crippen LogP contribution is -2.05. The summed E-state index contributed by atoms with van der Waals surface area (Å²) in [7, 11) is 0. The molecule has 1 fully saturated rings. The highest BCUT2D eigenvalue weighted by molar-refractivity contribution is 5.88. The van der Waals surface area contributed by atoms with Crippen molar-refractivity contribution >= 4 is 11.7 Å². The van der Waals surface area contributed by atoms with E-state index in [-0.39, 0.29) is 5.56 Å². The topological polar surface area (TPSA) is 49.3 Å². The van der Waals surface area contributed by atoms with Gasteiger partial charge in [0.1, 0.15) is 5.82 Å². The third kappa shape index (κ3) is 2.72. The summed E-state index contributed by atoms with van der Waals surface area (Å²) in [5.41, 5.74) is 0.357. The van der Waals surface area contributed by atoms with Crippen molar-refractivity contribution in [1.29, 1.82) is 0 Å². The van der Waals surface area contributed by atoms with Crippen molar-refractivity contribution in [3.05, 3.63) is 29.6 Å². The van der Waals surface area contributed by atoms with E-state index in [0.29, 0.717) is 5.69 Å². The number of carbonyl (C=O) groups is 1. The molecule has 0 heterocycles. The molecule has 1 aromatic rings. The molecule has 0 bridgehead atoms. The molecule has 0 spiro atoms. The fourth-order valence-corrected chi connectivity index (χ4v) is 1.61. The van der Waals surface area contributed by atoms with Crippen LogP contribution in [0.2, 0.25) is 0 Å². The Morgan fingerprint density at radius 1 is 1.50 bits per heavy atom. The fourth-order valence-electron chi connectivity index (χ4n) is 1.61. The molecule has 0 aliphatic heterocycles. The van der Waals surface area contributed by atoms with Crippen molar-refractivity contribution in [2.24, 2.45) is 5.92 Å². The van der Waals surface area contributed by atoms with Gasteiger partial charge in [-0.3, -0.25) is 0 Å². The molecule has 86 valence electrons. The Morgan fingerprint density at radius 3 is 2.81 bits per heavy atom. The molecule has 1 aromatic carbocycles. The smallest absolute Gasteiger partial charge is 0.335 e. The monoisotopic (exact) mass is 223 g/mol. The van der Waals surface area contributed by atoms with Crippen LogP contribution in [-0.4, -0.2) is 17.6 Å². The Hall–Kier alpha value is -1.58. The number of hydrogen-bond donors (Lipinski definition) is 2. The molecule has 1 aliphatic carbocycles. The summed E-state index contributed by atoms with van der Waals surface area (Å²) >= 11 is 0. The van der Waals surface area contributed by atoms with Gasteiger partial charge in [-0.15, -0.1) is 0 Å². The number of rotatable bonds is 5. The fraction of sp³-hybridized carbons (Fsp3) is 0.417. The van der Waals surface area contributed by atoms with Gasteiger partial charge < -0.3 is 10.4 Å². The van der Waals surface area contributed by atoms with Gasteiger partial charge in [-0.1, -0.05) is 12.8 Å². The molecule has 0 radical (unpaired) electrons. The van der Waals surface area contributed by atoms with E-state index in [1.807, 2.05) is 0 Å². The molecule has 0 aromatic heterocycles. The van der Waals surface area contributed by atoms with Gasteiger partial charge in [-0.2, -0.15) is 0 Å². The minimum atomic E-state index is -1.11. The average molecular weight is 223 g/mol. The molecule has 1 saturated carbocycles. The van der Waals surface area contributed by atoms with Crippen LogP contribution in [0.3, 0.4) is 0 Å². The van der Waals surface area contributed by atoms with Gasteiger partial charge in [0.15, 0.2) is 0 Å². The van der Waals surface area contributed by atoms with E-state index in [2.05, 4.69) is 5.32 Å². The summed E-state index contributed by atoms with van der Waals surface area (Å²) in [5.74, 6) is -0.812. The lowest BCUT2D eigenvalue weighted by Gasteiger charge is -2.07. The van der Waals surface area contributed by atoms with Crippen LogP contribution >= 0.6 is 0 Å². The summed E-state index contributed by atoms with van der Waals surface area (Å²) in [6, 6.07) is 3.93. The van der Waals surface area contributed by atoms with Crippen molar-refractivity contribution in [3.8, 4) is 0 Å². The average Bonchev–Trinajstić information content (AvgIpc) is 3.04. The Labute approximate surface area is 93.3 Å². The number of anilines is 1. The second-order valence-electron chi connectivity index (χ2n) is 4.16. The number of aromatic carboxylic acids is 1. The predicted octanol–water partition coefficient (Wildman–Crippen LogP) is 2.74. The standard InChI is InChI=1S/C12H14FNO2/c13-10-7-9(12(15)16)3-4-11(10)14-6-5-8-1-2-8/h3-4,7-8,14H,1-2,5-6H2,(H,15,16). The summed E-state index contributed by atoms with van der Waals surface area (Å²) in [6.45, 7) is 0.744. The number of benzene rings is 1. The van der Waals surface area contributed by atoms with Crippen molar-refractivity contribution in [2.45, 2.75) is 19.3 Å². The molecule has 3 nitrogen and oxygen atoms in total. The van der Waals surface area contributed by atoms with E-state index >= 15 is 0 Å². The highest BCUT2D eigenvalue weighted by atomic mass is 19.1. The molecular formula is C12H14FNO2. The van der Waals surface area contributed by atoms with Gasteiger partial charge in [0, 0.05) is 6.54 Å². The van der Waals surface area contributed by atoms with Crippen molar-refractivity contribution in [3.63, 3.8) is 0 Å². The van der Waals surface area contributed by atoms with E-state index < -0.39 is 11.8 Å². The van der Waals surface area contributed by atoms with Crippen molar-refractivity contribution in [1.82, 2.24) is 0 Å².